The summed E-state index contributed by atoms with van der Waals surface area (Å²) < 4.78 is 39.8. The van der Waals surface area contributed by atoms with E-state index in [2.05, 4.69) is 10.2 Å². The van der Waals surface area contributed by atoms with Crippen LogP contribution in [0, 0.1) is 0 Å². The fourth-order valence-corrected chi connectivity index (χ4v) is 2.93. The zero-order valence-corrected chi connectivity index (χ0v) is 12.5. The van der Waals surface area contributed by atoms with Gasteiger partial charge >= 0.3 is 6.18 Å². The van der Waals surface area contributed by atoms with E-state index < -0.39 is 17.8 Å². The van der Waals surface area contributed by atoms with Crippen molar-refractivity contribution in [2.75, 3.05) is 6.54 Å². The van der Waals surface area contributed by atoms with Crippen LogP contribution in [0.1, 0.15) is 29.4 Å². The maximum atomic E-state index is 12.7. The van der Waals surface area contributed by atoms with Crippen LogP contribution in [-0.2, 0) is 19.8 Å². The number of rotatable bonds is 3. The van der Waals surface area contributed by atoms with E-state index >= 15 is 0 Å². The van der Waals surface area contributed by atoms with Gasteiger partial charge in [-0.05, 0) is 24.1 Å². The minimum Gasteiger partial charge on any atom is -0.392 e. The molecule has 2 atom stereocenters. The number of aryl methyl sites for hydroxylation is 1. The number of benzene rings is 1. The largest absolute Gasteiger partial charge is 0.416 e. The third kappa shape index (κ3) is 3.37. The highest BCUT2D eigenvalue weighted by Crippen LogP contribution is 2.35. The number of likely N-dealkylation sites (tertiary alicyclic amines) is 1. The second-order valence-corrected chi connectivity index (χ2v) is 5.81. The van der Waals surface area contributed by atoms with E-state index in [9.17, 15) is 18.3 Å². The molecule has 1 N–H and O–H groups in total. The molecule has 0 saturated carbocycles. The van der Waals surface area contributed by atoms with Gasteiger partial charge in [-0.1, -0.05) is 12.1 Å². The minimum absolute atomic E-state index is 0.135. The van der Waals surface area contributed by atoms with E-state index in [1.54, 1.807) is 10.9 Å². The molecule has 0 aliphatic carbocycles. The summed E-state index contributed by atoms with van der Waals surface area (Å²) in [5, 5.41) is 17.8. The average molecular weight is 326 g/mol. The van der Waals surface area contributed by atoms with E-state index in [0.29, 0.717) is 19.5 Å². The van der Waals surface area contributed by atoms with E-state index in [4.69, 9.17) is 0 Å². The number of nitrogens with zero attached hydrogens (tertiary/aromatic N) is 4. The fourth-order valence-electron chi connectivity index (χ4n) is 2.93. The van der Waals surface area contributed by atoms with Crippen LogP contribution < -0.4 is 0 Å². The molecule has 2 aromatic rings. The molecule has 1 aliphatic heterocycles. The van der Waals surface area contributed by atoms with Gasteiger partial charge in [0.1, 0.15) is 12.2 Å². The van der Waals surface area contributed by atoms with Gasteiger partial charge in [-0.25, -0.2) is 0 Å². The Morgan fingerprint density at radius 2 is 1.96 bits per heavy atom. The Balaban J connectivity index is 1.80. The second-order valence-electron chi connectivity index (χ2n) is 5.81. The van der Waals surface area contributed by atoms with Crippen molar-refractivity contribution >= 4 is 0 Å². The zero-order valence-electron chi connectivity index (χ0n) is 12.5. The molecule has 0 unspecified atom stereocenters. The van der Waals surface area contributed by atoms with Crippen LogP contribution in [0.25, 0.3) is 0 Å². The quantitative estimate of drug-likeness (QED) is 0.939. The van der Waals surface area contributed by atoms with Crippen LogP contribution in [-0.4, -0.2) is 37.4 Å². The molecule has 5 nitrogen and oxygen atoms in total. The van der Waals surface area contributed by atoms with E-state index in [0.717, 1.165) is 23.5 Å². The zero-order chi connectivity index (χ0) is 16.6. The summed E-state index contributed by atoms with van der Waals surface area (Å²) in [6, 6.07) is 5.00. The molecule has 8 heteroatoms. The lowest BCUT2D eigenvalue weighted by Gasteiger charge is -2.24. The first-order valence-corrected chi connectivity index (χ1v) is 7.26. The summed E-state index contributed by atoms with van der Waals surface area (Å²) in [6.45, 7) is 0.942. The number of aliphatic hydroxyl groups excluding tert-OH is 1. The molecule has 1 aliphatic rings. The molecule has 0 bridgehead atoms. The van der Waals surface area contributed by atoms with Gasteiger partial charge in [0.2, 0.25) is 0 Å². The highest BCUT2D eigenvalue weighted by Gasteiger charge is 2.34. The Morgan fingerprint density at radius 1 is 1.26 bits per heavy atom. The Labute approximate surface area is 131 Å². The van der Waals surface area contributed by atoms with Gasteiger partial charge < -0.3 is 9.67 Å². The number of alkyl halides is 3. The third-order valence-electron chi connectivity index (χ3n) is 4.15. The first kappa shape index (κ1) is 15.9. The Kier molecular flexibility index (Phi) is 4.11. The lowest BCUT2D eigenvalue weighted by molar-refractivity contribution is -0.137. The molecule has 1 fully saturated rings. The molecular formula is C15H17F3N4O. The van der Waals surface area contributed by atoms with Crippen LogP contribution in [0.3, 0.4) is 0 Å². The summed E-state index contributed by atoms with van der Waals surface area (Å²) in [6.07, 6.45) is -2.76. The standard InChI is InChI=1S/C15H17F3N4O/c1-21-9-19-20-14(21)8-22-7-12(23)6-13(22)10-2-4-11(5-3-10)15(16,17)18/h2-5,9,12-13,23H,6-8H2,1H3/t12-,13-/m1/s1. The maximum Gasteiger partial charge on any atom is 0.416 e. The first-order chi connectivity index (χ1) is 10.8. The van der Waals surface area contributed by atoms with Crippen LogP contribution in [0.2, 0.25) is 0 Å². The fraction of sp³-hybridized carbons (Fsp3) is 0.467. The molecule has 1 aromatic carbocycles. The molecule has 0 radical (unpaired) electrons. The first-order valence-electron chi connectivity index (χ1n) is 7.26. The molecule has 3 rings (SSSR count). The van der Waals surface area contributed by atoms with Crippen molar-refractivity contribution in [1.29, 1.82) is 0 Å². The molecule has 1 aromatic heterocycles. The summed E-state index contributed by atoms with van der Waals surface area (Å²) in [4.78, 5) is 2.01. The van der Waals surface area contributed by atoms with E-state index in [-0.39, 0.29) is 6.04 Å². The molecule has 0 amide bonds. The van der Waals surface area contributed by atoms with Crippen LogP contribution in [0.4, 0.5) is 13.2 Å². The van der Waals surface area contributed by atoms with Gasteiger partial charge in [-0.15, -0.1) is 10.2 Å². The second kappa shape index (κ2) is 5.93. The van der Waals surface area contributed by atoms with E-state index in [1.807, 2.05) is 11.9 Å². The number of aromatic nitrogens is 3. The predicted octanol–water partition coefficient (Wildman–Crippen LogP) is 2.14. The van der Waals surface area contributed by atoms with Crippen LogP contribution in [0.15, 0.2) is 30.6 Å². The molecule has 23 heavy (non-hydrogen) atoms. The molecule has 0 spiro atoms. The third-order valence-corrected chi connectivity index (χ3v) is 4.15. The molecule has 124 valence electrons. The number of β-amino-alcohol motifs (C(OH)–C–C–N with tert-alkyl or cyclic N) is 1. The van der Waals surface area contributed by atoms with Gasteiger partial charge in [-0.2, -0.15) is 13.2 Å². The summed E-state index contributed by atoms with van der Waals surface area (Å²) in [5.74, 6) is 0.746. The summed E-state index contributed by atoms with van der Waals surface area (Å²) in [5.41, 5.74) is 0.0939. The number of aliphatic hydroxyl groups is 1. The van der Waals surface area contributed by atoms with E-state index in [1.165, 1.54) is 12.1 Å². The Bertz CT molecular complexity index is 668. The van der Waals surface area contributed by atoms with Crippen LogP contribution in [0.5, 0.6) is 0 Å². The lowest BCUT2D eigenvalue weighted by atomic mass is 10.0. The van der Waals surface area contributed by atoms with Crippen molar-refractivity contribution in [2.45, 2.75) is 31.3 Å². The lowest BCUT2D eigenvalue weighted by Crippen LogP contribution is -2.26. The topological polar surface area (TPSA) is 54.2 Å². The van der Waals surface area contributed by atoms with Crippen molar-refractivity contribution < 1.29 is 18.3 Å². The average Bonchev–Trinajstić information content (AvgIpc) is 3.05. The van der Waals surface area contributed by atoms with Crippen molar-refractivity contribution in [3.05, 3.63) is 47.5 Å². The smallest absolute Gasteiger partial charge is 0.392 e. The summed E-state index contributed by atoms with van der Waals surface area (Å²) in [7, 11) is 1.83. The SMILES string of the molecule is Cn1cnnc1CN1C[C@H](O)C[C@@H]1c1ccc(C(F)(F)F)cc1. The molecule has 2 heterocycles. The Hall–Kier alpha value is -1.93. The van der Waals surface area contributed by atoms with Crippen molar-refractivity contribution in [1.82, 2.24) is 19.7 Å². The highest BCUT2D eigenvalue weighted by atomic mass is 19.4. The molecular weight excluding hydrogens is 309 g/mol. The highest BCUT2D eigenvalue weighted by molar-refractivity contribution is 5.27. The van der Waals surface area contributed by atoms with Crippen molar-refractivity contribution in [3.8, 4) is 0 Å². The van der Waals surface area contributed by atoms with Gasteiger partial charge in [0.05, 0.1) is 18.2 Å². The normalized spacial score (nSPS) is 22.7. The van der Waals surface area contributed by atoms with Crippen molar-refractivity contribution in [3.63, 3.8) is 0 Å². The number of halogens is 3. The number of hydrogen-bond acceptors (Lipinski definition) is 4. The van der Waals surface area contributed by atoms with Gasteiger partial charge in [0, 0.05) is 19.6 Å². The van der Waals surface area contributed by atoms with Gasteiger partial charge in [0.25, 0.3) is 0 Å². The summed E-state index contributed by atoms with van der Waals surface area (Å²) >= 11 is 0. The predicted molar refractivity (Wildman–Crippen MR) is 76.2 cm³/mol. The van der Waals surface area contributed by atoms with Crippen LogP contribution >= 0.6 is 0 Å². The minimum atomic E-state index is -4.34. The number of hydrogen-bond donors (Lipinski definition) is 1. The van der Waals surface area contributed by atoms with Crippen molar-refractivity contribution in [2.24, 2.45) is 7.05 Å². The molecule has 1 saturated heterocycles. The maximum absolute atomic E-state index is 12.7. The monoisotopic (exact) mass is 326 g/mol. The van der Waals surface area contributed by atoms with Gasteiger partial charge in [-0.3, -0.25) is 4.90 Å². The Morgan fingerprint density at radius 3 is 2.52 bits per heavy atom. The van der Waals surface area contributed by atoms with Gasteiger partial charge in [0.15, 0.2) is 0 Å².